The maximum Gasteiger partial charge on any atom is 0.220 e. The molecule has 6 heteroatoms. The maximum atomic E-state index is 12.1. The first-order chi connectivity index (χ1) is 11.3. The molecule has 0 spiro atoms. The van der Waals surface area contributed by atoms with Crippen LogP contribution in [-0.4, -0.2) is 43.7 Å². The Hall–Kier alpha value is -1.63. The number of ether oxygens (including phenoxy) is 1. The number of thiophene rings is 1. The fourth-order valence-electron chi connectivity index (χ4n) is 2.77. The van der Waals surface area contributed by atoms with E-state index in [9.17, 15) is 4.79 Å². The highest BCUT2D eigenvalue weighted by molar-refractivity contribution is 7.09. The third kappa shape index (κ3) is 4.67. The number of hydrogen-bond donors (Lipinski definition) is 1. The summed E-state index contributed by atoms with van der Waals surface area (Å²) >= 11 is 1.69. The van der Waals surface area contributed by atoms with Gasteiger partial charge in [-0.25, -0.2) is 0 Å². The molecule has 0 radical (unpaired) electrons. The molecule has 2 aromatic rings. The van der Waals surface area contributed by atoms with E-state index in [0.717, 1.165) is 38.5 Å². The number of morpholine rings is 1. The molecule has 1 aliphatic heterocycles. The van der Waals surface area contributed by atoms with Crippen LogP contribution in [0.5, 0.6) is 0 Å². The lowest BCUT2D eigenvalue weighted by Gasteiger charge is -2.33. The SMILES string of the molecule is O=C(CCc1cccs1)NCC(c1ccco1)N1CCOCC1. The molecule has 5 nitrogen and oxygen atoms in total. The van der Waals surface area contributed by atoms with Crippen molar-refractivity contribution in [3.63, 3.8) is 0 Å². The van der Waals surface area contributed by atoms with Crippen LogP contribution in [0.2, 0.25) is 0 Å². The molecule has 1 unspecified atom stereocenters. The van der Waals surface area contributed by atoms with Crippen molar-refractivity contribution < 1.29 is 13.9 Å². The van der Waals surface area contributed by atoms with E-state index < -0.39 is 0 Å². The molecule has 1 aliphatic rings. The largest absolute Gasteiger partial charge is 0.468 e. The lowest BCUT2D eigenvalue weighted by atomic mass is 10.1. The Morgan fingerprint density at radius 3 is 2.87 bits per heavy atom. The fraction of sp³-hybridized carbons (Fsp3) is 0.471. The summed E-state index contributed by atoms with van der Waals surface area (Å²) in [6, 6.07) is 8.01. The Bertz CT molecular complexity index is 577. The highest BCUT2D eigenvalue weighted by Gasteiger charge is 2.25. The predicted molar refractivity (Wildman–Crippen MR) is 89.5 cm³/mol. The topological polar surface area (TPSA) is 54.7 Å². The molecule has 1 saturated heterocycles. The lowest BCUT2D eigenvalue weighted by molar-refractivity contribution is -0.121. The van der Waals surface area contributed by atoms with Crippen LogP contribution in [0.15, 0.2) is 40.3 Å². The van der Waals surface area contributed by atoms with Crippen molar-refractivity contribution in [1.82, 2.24) is 10.2 Å². The zero-order chi connectivity index (χ0) is 15.9. The van der Waals surface area contributed by atoms with Gasteiger partial charge in [0, 0.05) is 30.9 Å². The molecule has 1 fully saturated rings. The van der Waals surface area contributed by atoms with Gasteiger partial charge in [-0.2, -0.15) is 0 Å². The van der Waals surface area contributed by atoms with E-state index in [0.29, 0.717) is 13.0 Å². The number of hydrogen-bond acceptors (Lipinski definition) is 5. The monoisotopic (exact) mass is 334 g/mol. The summed E-state index contributed by atoms with van der Waals surface area (Å²) in [4.78, 5) is 15.7. The molecule has 0 bridgehead atoms. The Morgan fingerprint density at radius 1 is 1.30 bits per heavy atom. The number of nitrogens with zero attached hydrogens (tertiary/aromatic N) is 1. The summed E-state index contributed by atoms with van der Waals surface area (Å²) in [6.07, 6.45) is 3.00. The van der Waals surface area contributed by atoms with E-state index in [4.69, 9.17) is 9.15 Å². The van der Waals surface area contributed by atoms with E-state index >= 15 is 0 Å². The van der Waals surface area contributed by atoms with Crippen LogP contribution in [0.3, 0.4) is 0 Å². The molecule has 0 aromatic carbocycles. The van der Waals surface area contributed by atoms with E-state index in [1.54, 1.807) is 17.6 Å². The Labute approximate surface area is 140 Å². The zero-order valence-electron chi connectivity index (χ0n) is 13.1. The van der Waals surface area contributed by atoms with Crippen molar-refractivity contribution in [3.05, 3.63) is 46.5 Å². The predicted octanol–water partition coefficient (Wildman–Crippen LogP) is 2.46. The summed E-state index contributed by atoms with van der Waals surface area (Å²) in [7, 11) is 0. The van der Waals surface area contributed by atoms with Gasteiger partial charge < -0.3 is 14.5 Å². The van der Waals surface area contributed by atoms with Crippen LogP contribution in [0.1, 0.15) is 23.1 Å². The minimum atomic E-state index is 0.0691. The van der Waals surface area contributed by atoms with Crippen molar-refractivity contribution in [2.75, 3.05) is 32.8 Å². The first kappa shape index (κ1) is 16.2. The molecular formula is C17H22N2O3S. The number of carbonyl (C=O) groups excluding carboxylic acids is 1. The van der Waals surface area contributed by atoms with E-state index in [2.05, 4.69) is 16.3 Å². The lowest BCUT2D eigenvalue weighted by Crippen LogP contribution is -2.43. The van der Waals surface area contributed by atoms with Gasteiger partial charge in [0.1, 0.15) is 5.76 Å². The van der Waals surface area contributed by atoms with Gasteiger partial charge in [-0.05, 0) is 30.0 Å². The van der Waals surface area contributed by atoms with Crippen LogP contribution < -0.4 is 5.32 Å². The van der Waals surface area contributed by atoms with Gasteiger partial charge in [-0.1, -0.05) is 6.07 Å². The standard InChI is InChI=1S/C17H22N2O3S/c20-17(6-5-14-3-2-12-23-14)18-13-15(16-4-1-9-22-16)19-7-10-21-11-8-19/h1-4,9,12,15H,5-8,10-11,13H2,(H,18,20). The minimum Gasteiger partial charge on any atom is -0.468 e. The first-order valence-corrected chi connectivity index (χ1v) is 8.85. The van der Waals surface area contributed by atoms with Gasteiger partial charge in [0.2, 0.25) is 5.91 Å². The smallest absolute Gasteiger partial charge is 0.220 e. The third-order valence-corrected chi connectivity index (χ3v) is 4.97. The molecule has 1 N–H and O–H groups in total. The molecule has 124 valence electrons. The number of furan rings is 1. The molecule has 0 saturated carbocycles. The molecule has 1 atom stereocenters. The summed E-state index contributed by atoms with van der Waals surface area (Å²) in [5, 5.41) is 5.09. The summed E-state index contributed by atoms with van der Waals surface area (Å²) in [6.45, 7) is 3.73. The van der Waals surface area contributed by atoms with Gasteiger partial charge in [0.25, 0.3) is 0 Å². The molecule has 3 heterocycles. The second-order valence-electron chi connectivity index (χ2n) is 5.56. The second-order valence-corrected chi connectivity index (χ2v) is 6.60. The third-order valence-electron chi connectivity index (χ3n) is 4.03. The number of rotatable bonds is 7. The number of carbonyl (C=O) groups is 1. The van der Waals surface area contributed by atoms with Crippen molar-refractivity contribution >= 4 is 17.2 Å². The summed E-state index contributed by atoms with van der Waals surface area (Å²) < 4.78 is 11.0. The van der Waals surface area contributed by atoms with Crippen molar-refractivity contribution in [3.8, 4) is 0 Å². The average Bonchev–Trinajstić information content (AvgIpc) is 3.28. The van der Waals surface area contributed by atoms with Gasteiger partial charge in [0.15, 0.2) is 0 Å². The van der Waals surface area contributed by atoms with Gasteiger partial charge in [0.05, 0.1) is 25.5 Å². The maximum absolute atomic E-state index is 12.1. The van der Waals surface area contributed by atoms with Crippen molar-refractivity contribution in [2.24, 2.45) is 0 Å². The van der Waals surface area contributed by atoms with Crippen LogP contribution in [0.4, 0.5) is 0 Å². The molecule has 0 aliphatic carbocycles. The highest BCUT2D eigenvalue weighted by atomic mass is 32.1. The van der Waals surface area contributed by atoms with Crippen LogP contribution in [0, 0.1) is 0 Å². The van der Waals surface area contributed by atoms with E-state index in [1.807, 2.05) is 23.6 Å². The molecular weight excluding hydrogens is 312 g/mol. The van der Waals surface area contributed by atoms with Gasteiger partial charge >= 0.3 is 0 Å². The normalized spacial score (nSPS) is 17.0. The Balaban J connectivity index is 1.52. The van der Waals surface area contributed by atoms with Crippen LogP contribution >= 0.6 is 11.3 Å². The molecule has 3 rings (SSSR count). The Kier molecular flexibility index (Phi) is 5.85. The zero-order valence-corrected chi connectivity index (χ0v) is 13.9. The van der Waals surface area contributed by atoms with Crippen LogP contribution in [-0.2, 0) is 16.0 Å². The number of aryl methyl sites for hydroxylation is 1. The summed E-state index contributed by atoms with van der Waals surface area (Å²) in [5.74, 6) is 0.980. The molecule has 2 aromatic heterocycles. The first-order valence-electron chi connectivity index (χ1n) is 7.97. The van der Waals surface area contributed by atoms with Crippen LogP contribution in [0.25, 0.3) is 0 Å². The quantitative estimate of drug-likeness (QED) is 0.845. The minimum absolute atomic E-state index is 0.0691. The average molecular weight is 334 g/mol. The van der Waals surface area contributed by atoms with Crippen molar-refractivity contribution in [1.29, 1.82) is 0 Å². The summed E-state index contributed by atoms with van der Waals surface area (Å²) in [5.41, 5.74) is 0. The molecule has 1 amide bonds. The second kappa shape index (κ2) is 8.29. The molecule has 23 heavy (non-hydrogen) atoms. The van der Waals surface area contributed by atoms with E-state index in [1.165, 1.54) is 4.88 Å². The highest BCUT2D eigenvalue weighted by Crippen LogP contribution is 2.21. The van der Waals surface area contributed by atoms with E-state index in [-0.39, 0.29) is 11.9 Å². The van der Waals surface area contributed by atoms with Gasteiger partial charge in [-0.15, -0.1) is 11.3 Å². The van der Waals surface area contributed by atoms with Crippen molar-refractivity contribution in [2.45, 2.75) is 18.9 Å². The fourth-order valence-corrected chi connectivity index (χ4v) is 3.48. The number of amides is 1. The number of nitrogens with one attached hydrogen (secondary N) is 1. The van der Waals surface area contributed by atoms with Gasteiger partial charge in [-0.3, -0.25) is 9.69 Å². The Morgan fingerprint density at radius 2 is 2.17 bits per heavy atom.